The molecule has 11 heteroatoms. The third-order valence-electron chi connectivity index (χ3n) is 6.48. The van der Waals surface area contributed by atoms with Crippen molar-refractivity contribution in [3.8, 4) is 5.75 Å². The largest absolute Gasteiger partial charge is 0.497 e. The number of hydrogen-bond donors (Lipinski definition) is 1. The molecule has 0 aliphatic carbocycles. The van der Waals surface area contributed by atoms with Crippen LogP contribution in [0.25, 0.3) is 0 Å². The summed E-state index contributed by atoms with van der Waals surface area (Å²) < 4.78 is 34.8. The lowest BCUT2D eigenvalue weighted by molar-refractivity contribution is -0.139. The van der Waals surface area contributed by atoms with Crippen molar-refractivity contribution in [2.24, 2.45) is 0 Å². The number of ether oxygens (including phenoxy) is 1. The number of sulfonamides is 1. The van der Waals surface area contributed by atoms with Crippen LogP contribution in [0.15, 0.2) is 82.2 Å². The number of carbonyl (C=O) groups excluding carboxylic acids is 2. The number of rotatable bonds is 12. The van der Waals surface area contributed by atoms with E-state index in [0.717, 1.165) is 20.8 Å². The maximum atomic E-state index is 13.9. The molecule has 0 spiro atoms. The second kappa shape index (κ2) is 14.0. The Morgan fingerprint density at radius 1 is 0.975 bits per heavy atom. The molecule has 0 saturated heterocycles. The number of benzene rings is 3. The lowest BCUT2D eigenvalue weighted by Crippen LogP contribution is -2.52. The molecule has 0 unspecified atom stereocenters. The summed E-state index contributed by atoms with van der Waals surface area (Å²) in [7, 11) is -2.70. The first-order valence-electron chi connectivity index (χ1n) is 12.7. The molecule has 40 heavy (non-hydrogen) atoms. The van der Waals surface area contributed by atoms with Gasteiger partial charge in [-0.2, -0.15) is 0 Å². The Kier molecular flexibility index (Phi) is 11.0. The zero-order valence-corrected chi connectivity index (χ0v) is 26.0. The van der Waals surface area contributed by atoms with Crippen LogP contribution in [0.2, 0.25) is 5.02 Å². The van der Waals surface area contributed by atoms with E-state index in [2.05, 4.69) is 21.2 Å². The van der Waals surface area contributed by atoms with Gasteiger partial charge in [-0.1, -0.05) is 46.6 Å². The highest BCUT2D eigenvalue weighted by molar-refractivity contribution is 9.10. The fraction of sp³-hybridized carbons (Fsp3) is 0.310. The maximum absolute atomic E-state index is 13.9. The van der Waals surface area contributed by atoms with Gasteiger partial charge in [-0.25, -0.2) is 8.42 Å². The first kappa shape index (κ1) is 31.4. The first-order valence-corrected chi connectivity index (χ1v) is 15.3. The van der Waals surface area contributed by atoms with Gasteiger partial charge in [0.25, 0.3) is 10.0 Å². The molecule has 0 aliphatic rings. The minimum Gasteiger partial charge on any atom is -0.497 e. The van der Waals surface area contributed by atoms with Crippen LogP contribution in [0.5, 0.6) is 5.75 Å². The van der Waals surface area contributed by atoms with Crippen molar-refractivity contribution in [2.45, 2.75) is 50.7 Å². The lowest BCUT2D eigenvalue weighted by atomic mass is 10.1. The van der Waals surface area contributed by atoms with Crippen LogP contribution in [0, 0.1) is 0 Å². The second-order valence-corrected chi connectivity index (χ2v) is 12.5. The molecule has 3 aromatic carbocycles. The average molecular weight is 651 g/mol. The van der Waals surface area contributed by atoms with E-state index in [-0.39, 0.29) is 29.1 Å². The Labute approximate surface area is 249 Å². The zero-order valence-electron chi connectivity index (χ0n) is 22.8. The minimum atomic E-state index is -4.19. The second-order valence-electron chi connectivity index (χ2n) is 9.31. The van der Waals surface area contributed by atoms with Gasteiger partial charge in [-0.15, -0.1) is 0 Å². The smallest absolute Gasteiger partial charge is 0.264 e. The van der Waals surface area contributed by atoms with Crippen molar-refractivity contribution in [1.29, 1.82) is 0 Å². The van der Waals surface area contributed by atoms with E-state index in [0.29, 0.717) is 10.8 Å². The summed E-state index contributed by atoms with van der Waals surface area (Å²) in [5.41, 5.74) is 1.05. The number of carbonyl (C=O) groups is 2. The minimum absolute atomic E-state index is 0.0157. The molecule has 0 aliphatic heterocycles. The summed E-state index contributed by atoms with van der Waals surface area (Å²) in [6.45, 7) is 5.05. The normalized spacial score (nSPS) is 12.8. The van der Waals surface area contributed by atoms with E-state index >= 15 is 0 Å². The molecule has 1 N–H and O–H groups in total. The zero-order chi connectivity index (χ0) is 29.4. The average Bonchev–Trinajstić information content (AvgIpc) is 2.95. The molecule has 0 aromatic heterocycles. The fourth-order valence-electron chi connectivity index (χ4n) is 3.85. The van der Waals surface area contributed by atoms with Crippen molar-refractivity contribution < 1.29 is 22.7 Å². The Morgan fingerprint density at radius 3 is 2.12 bits per heavy atom. The molecule has 0 saturated carbocycles. The number of nitrogens with one attached hydrogen (secondary N) is 1. The number of anilines is 1. The molecule has 2 atom stereocenters. The lowest BCUT2D eigenvalue weighted by Gasteiger charge is -2.32. The van der Waals surface area contributed by atoms with E-state index in [1.165, 1.54) is 48.4 Å². The van der Waals surface area contributed by atoms with E-state index in [9.17, 15) is 18.0 Å². The van der Waals surface area contributed by atoms with E-state index in [1.807, 2.05) is 38.1 Å². The van der Waals surface area contributed by atoms with Crippen LogP contribution in [0.1, 0.15) is 32.8 Å². The molecular weight excluding hydrogens is 618 g/mol. The topological polar surface area (TPSA) is 96.0 Å². The Balaban J connectivity index is 2.01. The predicted molar refractivity (Wildman–Crippen MR) is 161 cm³/mol. The van der Waals surface area contributed by atoms with E-state index in [4.69, 9.17) is 16.3 Å². The van der Waals surface area contributed by atoms with Crippen LogP contribution < -0.4 is 14.4 Å². The molecule has 3 aromatic rings. The van der Waals surface area contributed by atoms with Gasteiger partial charge in [0.15, 0.2) is 0 Å². The molecule has 0 heterocycles. The van der Waals surface area contributed by atoms with Gasteiger partial charge < -0.3 is 15.0 Å². The van der Waals surface area contributed by atoms with Crippen molar-refractivity contribution in [3.05, 3.63) is 87.9 Å². The number of amides is 2. The number of halogens is 2. The molecule has 0 radical (unpaired) electrons. The summed E-state index contributed by atoms with van der Waals surface area (Å²) >= 11 is 9.47. The first-order chi connectivity index (χ1) is 19.0. The Bertz CT molecular complexity index is 1400. The van der Waals surface area contributed by atoms with Crippen LogP contribution in [0.4, 0.5) is 5.69 Å². The summed E-state index contributed by atoms with van der Waals surface area (Å²) in [6.07, 6.45) is 0.726. The SMILES string of the molecule is CC[C@@H](C)NC(=O)[C@H](C)N(Cc1ccc(Br)cc1)C(=O)CN(c1ccc(Cl)cc1)S(=O)(=O)c1ccc(OC)cc1. The molecule has 0 fully saturated rings. The van der Waals surface area contributed by atoms with Crippen LogP contribution >= 0.6 is 27.5 Å². The van der Waals surface area contributed by atoms with Crippen LogP contribution in [-0.2, 0) is 26.2 Å². The van der Waals surface area contributed by atoms with Crippen molar-refractivity contribution in [2.75, 3.05) is 18.0 Å². The summed E-state index contributed by atoms with van der Waals surface area (Å²) in [4.78, 5) is 28.4. The maximum Gasteiger partial charge on any atom is 0.264 e. The Morgan fingerprint density at radius 2 is 1.57 bits per heavy atom. The summed E-state index contributed by atoms with van der Waals surface area (Å²) in [6, 6.07) is 18.5. The van der Waals surface area contributed by atoms with Crippen molar-refractivity contribution >= 4 is 55.1 Å². The van der Waals surface area contributed by atoms with Gasteiger partial charge in [0, 0.05) is 22.1 Å². The summed E-state index contributed by atoms with van der Waals surface area (Å²) in [5, 5.41) is 3.34. The monoisotopic (exact) mass is 649 g/mol. The van der Waals surface area contributed by atoms with E-state index < -0.39 is 28.5 Å². The van der Waals surface area contributed by atoms with Gasteiger partial charge in [-0.3, -0.25) is 13.9 Å². The number of nitrogens with zero attached hydrogens (tertiary/aromatic N) is 2. The highest BCUT2D eigenvalue weighted by Crippen LogP contribution is 2.27. The highest BCUT2D eigenvalue weighted by Gasteiger charge is 2.32. The molecule has 214 valence electrons. The standard InChI is InChI=1S/C29H33BrClN3O5S/c1-5-20(2)32-29(36)21(3)33(18-22-6-8-23(30)9-7-22)28(35)19-34(25-12-10-24(31)11-13-25)40(37,38)27-16-14-26(39-4)15-17-27/h6-17,20-21H,5,18-19H2,1-4H3,(H,32,36)/t20-,21+/m1/s1. The van der Waals surface area contributed by atoms with Gasteiger partial charge in [0.05, 0.1) is 17.7 Å². The molecule has 3 rings (SSSR count). The third kappa shape index (κ3) is 7.99. The van der Waals surface area contributed by atoms with Gasteiger partial charge in [0.1, 0.15) is 18.3 Å². The highest BCUT2D eigenvalue weighted by atomic mass is 79.9. The van der Waals surface area contributed by atoms with Crippen LogP contribution in [-0.4, -0.2) is 50.9 Å². The molecule has 8 nitrogen and oxygen atoms in total. The molecule has 0 bridgehead atoms. The quantitative estimate of drug-likeness (QED) is 0.274. The fourth-order valence-corrected chi connectivity index (χ4v) is 5.65. The summed E-state index contributed by atoms with van der Waals surface area (Å²) in [5.74, 6) is -0.368. The molecular formula is C29H33BrClN3O5S. The van der Waals surface area contributed by atoms with Crippen LogP contribution in [0.3, 0.4) is 0 Å². The van der Waals surface area contributed by atoms with E-state index in [1.54, 1.807) is 19.1 Å². The number of methoxy groups -OCH3 is 1. The Hall–Kier alpha value is -3.08. The van der Waals surface area contributed by atoms with Crippen molar-refractivity contribution in [3.63, 3.8) is 0 Å². The predicted octanol–water partition coefficient (Wildman–Crippen LogP) is 5.64. The molecule has 2 amide bonds. The van der Waals surface area contributed by atoms with Gasteiger partial charge in [-0.05, 0) is 86.5 Å². The third-order valence-corrected chi connectivity index (χ3v) is 9.04. The number of hydrogen-bond acceptors (Lipinski definition) is 5. The van der Waals surface area contributed by atoms with Gasteiger partial charge in [0.2, 0.25) is 11.8 Å². The van der Waals surface area contributed by atoms with Gasteiger partial charge >= 0.3 is 0 Å². The van der Waals surface area contributed by atoms with Crippen molar-refractivity contribution in [1.82, 2.24) is 10.2 Å².